The quantitative estimate of drug-likeness (QED) is 0.564. The Morgan fingerprint density at radius 1 is 1.26 bits per heavy atom. The third kappa shape index (κ3) is 5.79. The van der Waals surface area contributed by atoms with Gasteiger partial charge in [-0.25, -0.2) is 0 Å². The van der Waals surface area contributed by atoms with Crippen molar-refractivity contribution in [2.45, 2.75) is 78.0 Å². The van der Waals surface area contributed by atoms with Crippen LogP contribution < -0.4 is 11.1 Å². The second kappa shape index (κ2) is 10.3. The molecule has 174 valence electrons. The average molecular weight is 452 g/mol. The molecule has 0 saturated carbocycles. The van der Waals surface area contributed by atoms with Crippen LogP contribution in [0.5, 0.6) is 0 Å². The van der Waals surface area contributed by atoms with Crippen LogP contribution in [-0.2, 0) is 15.2 Å². The van der Waals surface area contributed by atoms with Gasteiger partial charge in [0.15, 0.2) is 0 Å². The van der Waals surface area contributed by atoms with E-state index in [1.165, 1.54) is 0 Å². The van der Waals surface area contributed by atoms with Crippen molar-refractivity contribution in [3.8, 4) is 0 Å². The fourth-order valence-electron chi connectivity index (χ4n) is 4.30. The standard InChI is InChI=1S/C24H38ClN3O3/c1-6-7-8-19(26)21(29)27-20(16(2)3)22(30)28-14-13-24(31,23(4,5)15-28)17-9-11-18(25)12-10-17/h9-12,16,19-20,31H,6-8,13-15,26H2,1-5H3,(H,27,29)/t19-,20-,24+/m1/s1. The highest BCUT2D eigenvalue weighted by Crippen LogP contribution is 2.46. The number of aliphatic hydroxyl groups is 1. The maximum absolute atomic E-state index is 13.4. The molecule has 1 aliphatic rings. The van der Waals surface area contributed by atoms with Gasteiger partial charge in [0.2, 0.25) is 11.8 Å². The molecule has 1 heterocycles. The van der Waals surface area contributed by atoms with Gasteiger partial charge in [0.05, 0.1) is 11.6 Å². The van der Waals surface area contributed by atoms with Gasteiger partial charge in [0.25, 0.3) is 0 Å². The molecule has 0 bridgehead atoms. The van der Waals surface area contributed by atoms with Crippen molar-refractivity contribution in [3.05, 3.63) is 34.9 Å². The number of halogens is 1. The molecule has 1 aromatic carbocycles. The molecule has 1 aromatic rings. The number of piperidine rings is 1. The Balaban J connectivity index is 2.14. The minimum absolute atomic E-state index is 0.0741. The number of rotatable bonds is 8. The van der Waals surface area contributed by atoms with Gasteiger partial charge in [-0.3, -0.25) is 9.59 Å². The van der Waals surface area contributed by atoms with Crippen molar-refractivity contribution in [1.82, 2.24) is 10.2 Å². The summed E-state index contributed by atoms with van der Waals surface area (Å²) in [5.74, 6) is -0.485. The first-order chi connectivity index (χ1) is 14.4. The van der Waals surface area contributed by atoms with Crippen molar-refractivity contribution in [1.29, 1.82) is 0 Å². The molecule has 0 unspecified atom stereocenters. The van der Waals surface area contributed by atoms with Crippen LogP contribution in [0, 0.1) is 11.3 Å². The summed E-state index contributed by atoms with van der Waals surface area (Å²) in [6.07, 6.45) is 2.85. The van der Waals surface area contributed by atoms with E-state index in [0.717, 1.165) is 18.4 Å². The number of hydrogen-bond donors (Lipinski definition) is 3. The second-order valence-electron chi connectivity index (χ2n) is 9.74. The number of nitrogens with zero attached hydrogens (tertiary/aromatic N) is 1. The van der Waals surface area contributed by atoms with Gasteiger partial charge in [-0.15, -0.1) is 0 Å². The van der Waals surface area contributed by atoms with Crippen LogP contribution in [0.1, 0.15) is 65.9 Å². The first-order valence-corrected chi connectivity index (χ1v) is 11.6. The Morgan fingerprint density at radius 3 is 2.39 bits per heavy atom. The number of likely N-dealkylation sites (tertiary alicyclic amines) is 1. The van der Waals surface area contributed by atoms with Crippen molar-refractivity contribution in [3.63, 3.8) is 0 Å². The zero-order valence-corrected chi connectivity index (χ0v) is 20.2. The van der Waals surface area contributed by atoms with Gasteiger partial charge in [-0.1, -0.05) is 71.2 Å². The summed E-state index contributed by atoms with van der Waals surface area (Å²) in [5, 5.41) is 15.0. The van der Waals surface area contributed by atoms with Gasteiger partial charge in [-0.2, -0.15) is 0 Å². The van der Waals surface area contributed by atoms with Gasteiger partial charge in [0, 0.05) is 23.5 Å². The SMILES string of the molecule is CCCC[C@@H](N)C(=O)N[C@@H](C(=O)N1CC[C@](O)(c2ccc(Cl)cc2)C(C)(C)C1)C(C)C. The number of nitrogens with two attached hydrogens (primary N) is 1. The number of amides is 2. The van der Waals surface area contributed by atoms with Crippen LogP contribution in [-0.4, -0.2) is 47.0 Å². The van der Waals surface area contributed by atoms with Crippen LogP contribution in [0.15, 0.2) is 24.3 Å². The fraction of sp³-hybridized carbons (Fsp3) is 0.667. The lowest BCUT2D eigenvalue weighted by Gasteiger charge is -2.51. The maximum Gasteiger partial charge on any atom is 0.245 e. The van der Waals surface area contributed by atoms with Gasteiger partial charge in [0.1, 0.15) is 6.04 Å². The largest absolute Gasteiger partial charge is 0.384 e. The summed E-state index contributed by atoms with van der Waals surface area (Å²) >= 11 is 6.01. The Hall–Kier alpha value is -1.63. The van der Waals surface area contributed by atoms with Crippen molar-refractivity contribution in [2.24, 2.45) is 17.1 Å². The summed E-state index contributed by atoms with van der Waals surface area (Å²) in [6.45, 7) is 10.6. The smallest absolute Gasteiger partial charge is 0.245 e. The van der Waals surface area contributed by atoms with E-state index in [2.05, 4.69) is 12.2 Å². The monoisotopic (exact) mass is 451 g/mol. The predicted octanol–water partition coefficient (Wildman–Crippen LogP) is 3.44. The molecule has 7 heteroatoms. The van der Waals surface area contributed by atoms with Crippen molar-refractivity contribution < 1.29 is 14.7 Å². The molecule has 6 nitrogen and oxygen atoms in total. The topological polar surface area (TPSA) is 95.7 Å². The normalized spacial score (nSPS) is 22.8. The van der Waals surface area contributed by atoms with E-state index in [1.807, 2.05) is 39.8 Å². The second-order valence-corrected chi connectivity index (χ2v) is 10.2. The highest BCUT2D eigenvalue weighted by Gasteiger charge is 2.50. The molecule has 2 rings (SSSR count). The zero-order chi connectivity index (χ0) is 23.4. The van der Waals surface area contributed by atoms with E-state index >= 15 is 0 Å². The van der Waals surface area contributed by atoms with Crippen LogP contribution in [0.25, 0.3) is 0 Å². The molecule has 0 spiro atoms. The number of benzene rings is 1. The first-order valence-electron chi connectivity index (χ1n) is 11.3. The van der Waals surface area contributed by atoms with Gasteiger partial charge >= 0.3 is 0 Å². The van der Waals surface area contributed by atoms with E-state index in [1.54, 1.807) is 17.0 Å². The Morgan fingerprint density at radius 2 is 1.87 bits per heavy atom. The Kier molecular flexibility index (Phi) is 8.54. The predicted molar refractivity (Wildman–Crippen MR) is 125 cm³/mol. The number of carbonyl (C=O) groups excluding carboxylic acids is 2. The lowest BCUT2D eigenvalue weighted by molar-refractivity contribution is -0.156. The highest BCUT2D eigenvalue weighted by molar-refractivity contribution is 6.30. The molecule has 4 N–H and O–H groups in total. The molecule has 1 saturated heterocycles. The molecular formula is C24H38ClN3O3. The fourth-order valence-corrected chi connectivity index (χ4v) is 4.42. The average Bonchev–Trinajstić information content (AvgIpc) is 2.71. The molecule has 0 aromatic heterocycles. The van der Waals surface area contributed by atoms with Gasteiger partial charge < -0.3 is 21.1 Å². The molecule has 1 fully saturated rings. The molecule has 0 radical (unpaired) electrons. The molecular weight excluding hydrogens is 414 g/mol. The van der Waals surface area contributed by atoms with E-state index < -0.39 is 23.1 Å². The van der Waals surface area contributed by atoms with Crippen LogP contribution in [0.4, 0.5) is 0 Å². The summed E-state index contributed by atoms with van der Waals surface area (Å²) < 4.78 is 0. The van der Waals surface area contributed by atoms with Gasteiger partial charge in [-0.05, 0) is 36.5 Å². The van der Waals surface area contributed by atoms with E-state index in [9.17, 15) is 14.7 Å². The zero-order valence-electron chi connectivity index (χ0n) is 19.5. The summed E-state index contributed by atoms with van der Waals surface area (Å²) in [7, 11) is 0. The van der Waals surface area contributed by atoms with E-state index in [0.29, 0.717) is 31.0 Å². The van der Waals surface area contributed by atoms with Crippen molar-refractivity contribution in [2.75, 3.05) is 13.1 Å². The minimum Gasteiger partial charge on any atom is -0.384 e. The lowest BCUT2D eigenvalue weighted by Crippen LogP contribution is -2.61. The third-order valence-electron chi connectivity index (χ3n) is 6.52. The van der Waals surface area contributed by atoms with E-state index in [4.69, 9.17) is 17.3 Å². The lowest BCUT2D eigenvalue weighted by atomic mass is 9.66. The first kappa shape index (κ1) is 25.6. The highest BCUT2D eigenvalue weighted by atomic mass is 35.5. The minimum atomic E-state index is -1.08. The Bertz CT molecular complexity index is 766. The van der Waals surface area contributed by atoms with Crippen LogP contribution >= 0.6 is 11.6 Å². The summed E-state index contributed by atoms with van der Waals surface area (Å²) in [4.78, 5) is 27.7. The molecule has 2 amide bonds. The maximum atomic E-state index is 13.4. The van der Waals surface area contributed by atoms with Crippen LogP contribution in [0.3, 0.4) is 0 Å². The molecule has 31 heavy (non-hydrogen) atoms. The van der Waals surface area contributed by atoms with E-state index in [-0.39, 0.29) is 17.7 Å². The number of hydrogen-bond acceptors (Lipinski definition) is 4. The Labute approximate surface area is 191 Å². The van der Waals surface area contributed by atoms with Crippen molar-refractivity contribution >= 4 is 23.4 Å². The molecule has 1 aliphatic heterocycles. The number of nitrogens with one attached hydrogen (secondary N) is 1. The van der Waals surface area contributed by atoms with Crippen LogP contribution in [0.2, 0.25) is 5.02 Å². The number of unbranched alkanes of at least 4 members (excludes halogenated alkanes) is 1. The summed E-state index contributed by atoms with van der Waals surface area (Å²) in [5.41, 5.74) is 5.14. The number of carbonyl (C=O) groups is 2. The summed E-state index contributed by atoms with van der Waals surface area (Å²) in [6, 6.07) is 5.98. The molecule has 3 atom stereocenters. The molecule has 0 aliphatic carbocycles. The third-order valence-corrected chi connectivity index (χ3v) is 6.77.